The number of esters is 1. The van der Waals surface area contributed by atoms with Crippen LogP contribution in [0.2, 0.25) is 10.0 Å². The van der Waals surface area contributed by atoms with E-state index in [9.17, 15) is 4.79 Å². The summed E-state index contributed by atoms with van der Waals surface area (Å²) in [7, 11) is 0. The van der Waals surface area contributed by atoms with Crippen LogP contribution in [0.1, 0.15) is 52.4 Å². The second-order valence-corrected chi connectivity index (χ2v) is 9.08. The quantitative estimate of drug-likeness (QED) is 0.388. The number of fused-ring (bicyclic) bond motifs is 2. The number of hydrogen-bond donors (Lipinski definition) is 0. The predicted octanol–water partition coefficient (Wildman–Crippen LogP) is 6.16. The first-order valence-corrected chi connectivity index (χ1v) is 10.4. The van der Waals surface area contributed by atoms with Crippen LogP contribution < -0.4 is 4.74 Å². The average Bonchev–Trinajstić information content (AvgIpc) is 2.60. The molecule has 0 saturated heterocycles. The topological polar surface area (TPSA) is 35.5 Å². The molecular weight excluding hydrogens is 371 g/mol. The molecule has 0 radical (unpaired) electrons. The van der Waals surface area contributed by atoms with Gasteiger partial charge in [-0.2, -0.15) is 0 Å². The van der Waals surface area contributed by atoms with Gasteiger partial charge in [0.05, 0.1) is 18.2 Å². The van der Waals surface area contributed by atoms with Crippen molar-refractivity contribution in [2.45, 2.75) is 52.4 Å². The molecule has 3 fully saturated rings. The second kappa shape index (κ2) is 8.39. The summed E-state index contributed by atoms with van der Waals surface area (Å²) < 4.78 is 11.0. The zero-order valence-corrected chi connectivity index (χ0v) is 17.1. The van der Waals surface area contributed by atoms with Crippen LogP contribution in [0.25, 0.3) is 0 Å². The molecule has 0 heterocycles. The first kappa shape index (κ1) is 19.8. The summed E-state index contributed by atoms with van der Waals surface area (Å²) in [6.07, 6.45) is 5.99. The molecule has 3 aliphatic rings. The molecule has 1 aromatic carbocycles. The number of halogens is 2. The van der Waals surface area contributed by atoms with Gasteiger partial charge < -0.3 is 9.47 Å². The molecule has 0 N–H and O–H groups in total. The smallest absolute Gasteiger partial charge is 0.305 e. The lowest BCUT2D eigenvalue weighted by Crippen LogP contribution is -2.52. The number of carbonyl (C=O) groups is 1. The molecule has 0 aromatic heterocycles. The van der Waals surface area contributed by atoms with Crippen molar-refractivity contribution in [3.8, 4) is 5.75 Å². The summed E-state index contributed by atoms with van der Waals surface area (Å²) in [5.74, 6) is 2.90. The molecule has 144 valence electrons. The van der Waals surface area contributed by atoms with Crippen LogP contribution in [0.3, 0.4) is 0 Å². The SMILES string of the molecule is CC1(C)[C@H]2CC[C@H](CCOC(=O)CCCOc3ccc(Cl)cc3Cl)[C@@H]1C2. The van der Waals surface area contributed by atoms with E-state index in [-0.39, 0.29) is 5.97 Å². The zero-order chi connectivity index (χ0) is 18.7. The van der Waals surface area contributed by atoms with Crippen LogP contribution in [-0.2, 0) is 9.53 Å². The van der Waals surface area contributed by atoms with Gasteiger partial charge >= 0.3 is 5.97 Å². The Hall–Kier alpha value is -0.930. The lowest BCUT2D eigenvalue weighted by atomic mass is 9.45. The zero-order valence-electron chi connectivity index (χ0n) is 15.6. The van der Waals surface area contributed by atoms with E-state index in [1.807, 2.05) is 0 Å². The lowest BCUT2D eigenvalue weighted by molar-refractivity contribution is -0.146. The molecule has 3 aliphatic carbocycles. The fraction of sp³-hybridized carbons (Fsp3) is 0.667. The van der Waals surface area contributed by atoms with E-state index in [2.05, 4.69) is 13.8 Å². The minimum Gasteiger partial charge on any atom is -0.492 e. The van der Waals surface area contributed by atoms with E-state index >= 15 is 0 Å². The fourth-order valence-electron chi connectivity index (χ4n) is 4.70. The van der Waals surface area contributed by atoms with Crippen molar-refractivity contribution in [2.75, 3.05) is 13.2 Å². The number of benzene rings is 1. The van der Waals surface area contributed by atoms with Crippen LogP contribution in [-0.4, -0.2) is 19.2 Å². The van der Waals surface area contributed by atoms with E-state index in [4.69, 9.17) is 32.7 Å². The van der Waals surface area contributed by atoms with Gasteiger partial charge in [-0.3, -0.25) is 4.79 Å². The van der Waals surface area contributed by atoms with Gasteiger partial charge in [0.25, 0.3) is 0 Å². The molecule has 0 spiro atoms. The Bertz CT molecular complexity index is 642. The van der Waals surface area contributed by atoms with Gasteiger partial charge in [0.2, 0.25) is 0 Å². The van der Waals surface area contributed by atoms with Gasteiger partial charge in [-0.15, -0.1) is 0 Å². The van der Waals surface area contributed by atoms with Gasteiger partial charge in [-0.05, 0) is 73.5 Å². The second-order valence-electron chi connectivity index (χ2n) is 8.23. The molecule has 2 bridgehead atoms. The maximum Gasteiger partial charge on any atom is 0.305 e. The molecule has 1 aromatic rings. The monoisotopic (exact) mass is 398 g/mol. The van der Waals surface area contributed by atoms with Gasteiger partial charge in [-0.1, -0.05) is 37.0 Å². The van der Waals surface area contributed by atoms with Crippen LogP contribution in [0.5, 0.6) is 5.75 Å². The largest absolute Gasteiger partial charge is 0.492 e. The first-order chi connectivity index (χ1) is 12.4. The standard InChI is InChI=1S/C21H28Cl2O3/c1-21(2)15-6-5-14(17(21)12-15)9-11-26-20(24)4-3-10-25-19-8-7-16(22)13-18(19)23/h7-8,13-15,17H,3-6,9-12H2,1-2H3/t14-,15+,17+/m1/s1. The Balaban J connectivity index is 1.29. The first-order valence-electron chi connectivity index (χ1n) is 9.61. The average molecular weight is 399 g/mol. The Morgan fingerprint density at radius 2 is 2.04 bits per heavy atom. The number of rotatable bonds is 8. The van der Waals surface area contributed by atoms with E-state index in [1.165, 1.54) is 19.3 Å². The molecule has 3 saturated carbocycles. The number of carbonyl (C=O) groups excluding carboxylic acids is 1. The molecule has 0 aliphatic heterocycles. The van der Waals surface area contributed by atoms with Crippen molar-refractivity contribution < 1.29 is 14.3 Å². The van der Waals surface area contributed by atoms with Crippen LogP contribution in [0, 0.1) is 23.2 Å². The van der Waals surface area contributed by atoms with E-state index in [0.29, 0.717) is 47.3 Å². The van der Waals surface area contributed by atoms with Gasteiger partial charge in [0, 0.05) is 11.4 Å². The van der Waals surface area contributed by atoms with E-state index in [1.54, 1.807) is 18.2 Å². The molecule has 3 atom stereocenters. The maximum atomic E-state index is 11.9. The van der Waals surface area contributed by atoms with Crippen LogP contribution in [0.4, 0.5) is 0 Å². The Morgan fingerprint density at radius 1 is 1.23 bits per heavy atom. The van der Waals surface area contributed by atoms with Gasteiger partial charge in [0.15, 0.2) is 0 Å². The Labute approximate surface area is 166 Å². The highest BCUT2D eigenvalue weighted by molar-refractivity contribution is 6.35. The highest BCUT2D eigenvalue weighted by atomic mass is 35.5. The van der Waals surface area contributed by atoms with Gasteiger partial charge in [0.1, 0.15) is 5.75 Å². The lowest BCUT2D eigenvalue weighted by Gasteiger charge is -2.60. The van der Waals surface area contributed by atoms with E-state index in [0.717, 1.165) is 24.2 Å². The molecule has 26 heavy (non-hydrogen) atoms. The van der Waals surface area contributed by atoms with Crippen molar-refractivity contribution in [1.29, 1.82) is 0 Å². The van der Waals surface area contributed by atoms with Crippen LogP contribution in [0.15, 0.2) is 18.2 Å². The summed E-state index contributed by atoms with van der Waals surface area (Å²) in [6.45, 7) is 5.77. The van der Waals surface area contributed by atoms with E-state index < -0.39 is 0 Å². The predicted molar refractivity (Wildman–Crippen MR) is 105 cm³/mol. The minimum absolute atomic E-state index is 0.141. The summed E-state index contributed by atoms with van der Waals surface area (Å²) >= 11 is 11.9. The van der Waals surface area contributed by atoms with Crippen molar-refractivity contribution in [3.63, 3.8) is 0 Å². The van der Waals surface area contributed by atoms with Crippen molar-refractivity contribution in [2.24, 2.45) is 23.2 Å². The van der Waals surface area contributed by atoms with Crippen molar-refractivity contribution in [1.82, 2.24) is 0 Å². The third-order valence-electron chi connectivity index (χ3n) is 6.43. The van der Waals surface area contributed by atoms with Gasteiger partial charge in [-0.25, -0.2) is 0 Å². The number of ether oxygens (including phenoxy) is 2. The Morgan fingerprint density at radius 3 is 2.73 bits per heavy atom. The Kier molecular flexibility index (Phi) is 6.40. The highest BCUT2D eigenvalue weighted by Crippen LogP contribution is 2.61. The molecule has 3 nitrogen and oxygen atoms in total. The van der Waals surface area contributed by atoms with Crippen molar-refractivity contribution in [3.05, 3.63) is 28.2 Å². The molecule has 4 rings (SSSR count). The highest BCUT2D eigenvalue weighted by Gasteiger charge is 2.53. The summed E-state index contributed by atoms with van der Waals surface area (Å²) in [6, 6.07) is 5.11. The summed E-state index contributed by atoms with van der Waals surface area (Å²) in [5.41, 5.74) is 0.493. The summed E-state index contributed by atoms with van der Waals surface area (Å²) in [5, 5.41) is 1.05. The minimum atomic E-state index is -0.141. The normalized spacial score (nSPS) is 26.1. The third kappa shape index (κ3) is 4.48. The molecular formula is C21H28Cl2O3. The number of hydrogen-bond acceptors (Lipinski definition) is 3. The molecule has 0 amide bonds. The van der Waals surface area contributed by atoms with Crippen molar-refractivity contribution >= 4 is 29.2 Å². The van der Waals surface area contributed by atoms with Crippen LogP contribution >= 0.6 is 23.2 Å². The summed E-state index contributed by atoms with van der Waals surface area (Å²) in [4.78, 5) is 11.9. The third-order valence-corrected chi connectivity index (χ3v) is 6.96. The molecule has 0 unspecified atom stereocenters. The fourth-order valence-corrected chi connectivity index (χ4v) is 5.16. The molecule has 5 heteroatoms. The maximum absolute atomic E-state index is 11.9.